The summed E-state index contributed by atoms with van der Waals surface area (Å²) >= 11 is 0. The molecule has 4 aliphatic carbocycles. The lowest BCUT2D eigenvalue weighted by molar-refractivity contribution is 0.660. The van der Waals surface area contributed by atoms with Crippen LogP contribution in [0.25, 0.3) is 66.1 Å². The van der Waals surface area contributed by atoms with Crippen molar-refractivity contribution in [2.45, 2.75) is 43.9 Å². The van der Waals surface area contributed by atoms with Crippen molar-refractivity contribution in [1.82, 2.24) is 0 Å². The minimum Gasteiger partial charge on any atom is -0.310 e. The molecule has 4 aliphatic rings. The Morgan fingerprint density at radius 2 is 0.675 bits per heavy atom. The minimum atomic E-state index is -0.624. The van der Waals surface area contributed by atoms with Crippen LogP contribution in [0.15, 0.2) is 255 Å². The van der Waals surface area contributed by atoms with Crippen LogP contribution in [0.3, 0.4) is 0 Å². The van der Waals surface area contributed by atoms with Gasteiger partial charge in [-0.15, -0.1) is 0 Å². The van der Waals surface area contributed by atoms with E-state index in [2.05, 4.69) is 292 Å². The topological polar surface area (TPSA) is 6.48 Å². The second kappa shape index (κ2) is 15.9. The Morgan fingerprint density at radius 1 is 0.260 bits per heavy atom. The lowest BCUT2D eigenvalue weighted by Gasteiger charge is -2.34. The Bertz CT molecular complexity index is 4420. The first kappa shape index (κ1) is 44.1. The molecule has 0 amide bonds. The molecule has 0 atom stereocenters. The van der Waals surface area contributed by atoms with Crippen LogP contribution >= 0.6 is 0 Å². The van der Waals surface area contributed by atoms with Gasteiger partial charge in [-0.25, -0.2) is 0 Å². The molecule has 12 aromatic carbocycles. The molecule has 364 valence electrons. The highest BCUT2D eigenvalue weighted by Gasteiger charge is 2.53. The van der Waals surface area contributed by atoms with Crippen molar-refractivity contribution in [3.63, 3.8) is 0 Å². The summed E-state index contributed by atoms with van der Waals surface area (Å²) in [4.78, 5) is 4.99. The van der Waals surface area contributed by atoms with Gasteiger partial charge in [0.05, 0.1) is 11.1 Å². The molecule has 0 aliphatic heterocycles. The molecule has 0 N–H and O–H groups in total. The van der Waals surface area contributed by atoms with E-state index in [-0.39, 0.29) is 10.8 Å². The summed E-state index contributed by atoms with van der Waals surface area (Å²) in [5, 5.41) is 4.94. The molecular weight excluding hydrogens is 929 g/mol. The molecule has 0 unspecified atom stereocenters. The number of benzene rings is 12. The lowest BCUT2D eigenvalue weighted by Crippen LogP contribution is -2.26. The molecule has 1 spiro atoms. The van der Waals surface area contributed by atoms with Gasteiger partial charge in [0.1, 0.15) is 0 Å². The zero-order valence-corrected chi connectivity index (χ0v) is 43.6. The van der Waals surface area contributed by atoms with E-state index in [0.717, 1.165) is 28.4 Å². The summed E-state index contributed by atoms with van der Waals surface area (Å²) in [7, 11) is 0. The first-order valence-corrected chi connectivity index (χ1v) is 27.3. The smallest absolute Gasteiger partial charge is 0.0732 e. The first-order valence-electron chi connectivity index (χ1n) is 27.3. The van der Waals surface area contributed by atoms with Crippen LogP contribution in [0, 0.1) is 0 Å². The maximum atomic E-state index is 2.58. The van der Waals surface area contributed by atoms with Gasteiger partial charge in [0.15, 0.2) is 0 Å². The van der Waals surface area contributed by atoms with Crippen molar-refractivity contribution < 1.29 is 0 Å². The van der Waals surface area contributed by atoms with Gasteiger partial charge in [-0.2, -0.15) is 0 Å². The lowest BCUT2D eigenvalue weighted by atomic mass is 9.69. The molecule has 12 aromatic rings. The van der Waals surface area contributed by atoms with Crippen molar-refractivity contribution >= 4 is 55.7 Å². The van der Waals surface area contributed by atoms with Crippen LogP contribution < -0.4 is 9.80 Å². The van der Waals surface area contributed by atoms with E-state index in [9.17, 15) is 0 Å². The highest BCUT2D eigenvalue weighted by molar-refractivity contribution is 6.15. The molecule has 0 radical (unpaired) electrons. The fourth-order valence-electron chi connectivity index (χ4n) is 14.8. The van der Waals surface area contributed by atoms with E-state index in [0.29, 0.717) is 0 Å². The van der Waals surface area contributed by atoms with Crippen LogP contribution in [-0.4, -0.2) is 0 Å². The zero-order valence-electron chi connectivity index (χ0n) is 43.6. The fraction of sp³-hybridized carbons (Fsp3) is 0.0933. The van der Waals surface area contributed by atoms with Crippen LogP contribution in [0.5, 0.6) is 0 Å². The monoisotopic (exact) mass is 982 g/mol. The molecular formula is C75H54N2. The second-order valence-electron chi connectivity index (χ2n) is 22.7. The number of hydrogen-bond donors (Lipinski definition) is 0. The number of para-hydroxylation sites is 2. The Hall–Kier alpha value is -9.24. The van der Waals surface area contributed by atoms with E-state index < -0.39 is 5.41 Å². The third-order valence-electron chi connectivity index (χ3n) is 18.2. The Balaban J connectivity index is 0.946. The first-order chi connectivity index (χ1) is 37.7. The number of anilines is 6. The Kier molecular flexibility index (Phi) is 9.10. The predicted octanol–water partition coefficient (Wildman–Crippen LogP) is 19.9. The summed E-state index contributed by atoms with van der Waals surface area (Å²) in [6.45, 7) is 9.51. The molecule has 0 fully saturated rings. The van der Waals surface area contributed by atoms with E-state index in [1.54, 1.807) is 0 Å². The van der Waals surface area contributed by atoms with Crippen molar-refractivity contribution in [2.75, 3.05) is 9.80 Å². The van der Waals surface area contributed by atoms with Gasteiger partial charge >= 0.3 is 0 Å². The molecule has 16 rings (SSSR count). The SMILES string of the molecule is CC1(C)c2ccccc2-c2ccc(N(c3ccccc3)c3ccc4c5c(ccc4c3)-c3c(cc(N(c4ccccc4)c4ccc6c(c4)C(C)(C)c4ccccc4-6)c4ccccc34)C53c4ccccc4-c4ccccc43)cc21. The molecule has 2 nitrogen and oxygen atoms in total. The maximum Gasteiger partial charge on any atom is 0.0732 e. The van der Waals surface area contributed by atoms with Crippen LogP contribution in [-0.2, 0) is 16.2 Å². The highest BCUT2D eigenvalue weighted by atomic mass is 15.1. The quantitative estimate of drug-likeness (QED) is 0.164. The Labute approximate surface area is 450 Å². The Morgan fingerprint density at radius 3 is 1.25 bits per heavy atom. The van der Waals surface area contributed by atoms with Crippen LogP contribution in [0.4, 0.5) is 34.1 Å². The zero-order chi connectivity index (χ0) is 51.4. The normalized spacial score (nSPS) is 14.8. The molecule has 0 saturated heterocycles. The molecule has 0 bridgehead atoms. The van der Waals surface area contributed by atoms with Gasteiger partial charge in [-0.3, -0.25) is 0 Å². The van der Waals surface area contributed by atoms with Crippen LogP contribution in [0.2, 0.25) is 0 Å². The van der Waals surface area contributed by atoms with Gasteiger partial charge in [0.2, 0.25) is 0 Å². The van der Waals surface area contributed by atoms with Gasteiger partial charge in [-0.1, -0.05) is 216 Å². The average Bonchev–Trinajstić information content (AvgIpc) is 3.21. The largest absolute Gasteiger partial charge is 0.310 e. The summed E-state index contributed by atoms with van der Waals surface area (Å²) in [6.07, 6.45) is 0. The standard InChI is InChI=1S/C75H54N2/c1-73(2)63-31-17-13-25-54(63)58-41-37-51(44-67(58)73)76(48-21-7-5-8-22-48)50-36-40-53-47(43-50)35-39-62-71-61-30-12-11-29-60(61)70(46-69(71)75(72(53)62)65-33-19-15-27-56(65)57-28-16-20-34-66(57)75)77(49-23-9-6-10-24-49)52-38-42-59-55-26-14-18-32-64(55)74(3,4)68(59)45-52/h5-46H,1-4H3. The summed E-state index contributed by atoms with van der Waals surface area (Å²) in [5.74, 6) is 0. The molecule has 0 saturated carbocycles. The molecule has 2 heteroatoms. The number of fused-ring (bicyclic) bond motifs is 20. The number of nitrogens with zero attached hydrogens (tertiary/aromatic N) is 2. The number of rotatable bonds is 6. The molecule has 0 aromatic heterocycles. The van der Waals surface area contributed by atoms with Crippen molar-refractivity contribution in [3.05, 3.63) is 299 Å². The van der Waals surface area contributed by atoms with Crippen molar-refractivity contribution in [2.24, 2.45) is 0 Å². The summed E-state index contributed by atoms with van der Waals surface area (Å²) in [6, 6.07) is 96.4. The van der Waals surface area contributed by atoms with Crippen LogP contribution in [0.1, 0.15) is 72.2 Å². The van der Waals surface area contributed by atoms with Gasteiger partial charge in [0, 0.05) is 44.7 Å². The third kappa shape index (κ3) is 5.90. The average molecular weight is 983 g/mol. The molecule has 0 heterocycles. The van der Waals surface area contributed by atoms with E-state index in [4.69, 9.17) is 0 Å². The summed E-state index contributed by atoms with van der Waals surface area (Å²) < 4.78 is 0. The maximum absolute atomic E-state index is 2.58. The fourth-order valence-corrected chi connectivity index (χ4v) is 14.8. The minimum absolute atomic E-state index is 0.127. The van der Waals surface area contributed by atoms with Crippen molar-refractivity contribution in [1.29, 1.82) is 0 Å². The van der Waals surface area contributed by atoms with Gasteiger partial charge in [0.25, 0.3) is 0 Å². The predicted molar refractivity (Wildman–Crippen MR) is 322 cm³/mol. The number of hydrogen-bond acceptors (Lipinski definition) is 2. The van der Waals surface area contributed by atoms with Gasteiger partial charge < -0.3 is 9.80 Å². The molecule has 77 heavy (non-hydrogen) atoms. The van der Waals surface area contributed by atoms with E-state index >= 15 is 0 Å². The van der Waals surface area contributed by atoms with Crippen molar-refractivity contribution in [3.8, 4) is 44.5 Å². The van der Waals surface area contributed by atoms with Gasteiger partial charge in [-0.05, 0) is 172 Å². The highest BCUT2D eigenvalue weighted by Crippen LogP contribution is 2.66. The second-order valence-corrected chi connectivity index (χ2v) is 22.7. The van der Waals surface area contributed by atoms with E-state index in [1.165, 1.54) is 116 Å². The summed E-state index contributed by atoms with van der Waals surface area (Å²) in [5.41, 5.74) is 27.2. The van der Waals surface area contributed by atoms with E-state index in [1.807, 2.05) is 0 Å². The third-order valence-corrected chi connectivity index (χ3v) is 18.2.